The van der Waals surface area contributed by atoms with E-state index in [2.05, 4.69) is 39.9 Å². The maximum Gasteiger partial charge on any atom is 0.407 e. The van der Waals surface area contributed by atoms with E-state index in [1.54, 1.807) is 19.2 Å². The van der Waals surface area contributed by atoms with Crippen molar-refractivity contribution in [2.45, 2.75) is 44.7 Å². The summed E-state index contributed by atoms with van der Waals surface area (Å²) in [6.45, 7) is 3.88. The third-order valence-corrected chi connectivity index (χ3v) is 6.78. The van der Waals surface area contributed by atoms with Crippen LogP contribution in [0.25, 0.3) is 11.1 Å². The Kier molecular flexibility index (Phi) is 7.16. The maximum absolute atomic E-state index is 12.5. The summed E-state index contributed by atoms with van der Waals surface area (Å²) in [5, 5.41) is 16.5. The Bertz CT molecular complexity index is 1210. The molecule has 0 unspecified atom stereocenters. The quantitative estimate of drug-likeness (QED) is 0.402. The van der Waals surface area contributed by atoms with Gasteiger partial charge in [0.2, 0.25) is 0 Å². The zero-order valence-corrected chi connectivity index (χ0v) is 20.4. The van der Waals surface area contributed by atoms with Crippen LogP contribution in [0.5, 0.6) is 0 Å². The third-order valence-electron chi connectivity index (χ3n) is 5.93. The zero-order chi connectivity index (χ0) is 25.0. The molecule has 1 aliphatic rings. The van der Waals surface area contributed by atoms with Crippen LogP contribution < -0.4 is 10.6 Å². The Morgan fingerprint density at radius 2 is 1.69 bits per heavy atom. The molecule has 1 aromatic heterocycles. The van der Waals surface area contributed by atoms with Crippen LogP contribution in [0.15, 0.2) is 53.9 Å². The Hall–Kier alpha value is -3.72. The number of fused-ring (bicyclic) bond motifs is 3. The number of aromatic nitrogens is 1. The number of carboxylic acids is 1. The number of carbonyl (C=O) groups excluding carboxylic acids is 2. The van der Waals surface area contributed by atoms with Crippen molar-refractivity contribution >= 4 is 29.3 Å². The predicted molar refractivity (Wildman–Crippen MR) is 132 cm³/mol. The minimum atomic E-state index is -0.914. The molecule has 0 saturated heterocycles. The number of carbonyl (C=O) groups is 3. The summed E-state index contributed by atoms with van der Waals surface area (Å²) in [5.74, 6) is -1.32. The van der Waals surface area contributed by atoms with Crippen LogP contribution in [0.2, 0.25) is 0 Å². The number of rotatable bonds is 9. The standard InChI is InChI=1S/C26H27N3O5S/c1-26(2,12-11-23(30)31)29-24(32)21-15-35-22(28-21)13-27-25(33)34-14-20-18-9-5-3-7-16(18)17-8-4-6-10-19(17)20/h3-10,15,20H,11-14H2,1-2H3,(H,27,33)(H,29,32)(H,30,31). The number of nitrogens with one attached hydrogen (secondary N) is 2. The number of thiazole rings is 1. The first-order valence-electron chi connectivity index (χ1n) is 11.3. The molecule has 0 atom stereocenters. The number of alkyl carbamates (subject to hydrolysis) is 1. The Labute approximate surface area is 207 Å². The van der Waals surface area contributed by atoms with Gasteiger partial charge in [-0.25, -0.2) is 9.78 Å². The number of aliphatic carboxylic acids is 1. The molecule has 182 valence electrons. The SMILES string of the molecule is CC(C)(CCC(=O)O)NC(=O)c1csc(CNC(=O)OCC2c3ccccc3-c3ccccc32)n1. The first-order chi connectivity index (χ1) is 16.7. The molecule has 2 amide bonds. The fourth-order valence-corrected chi connectivity index (χ4v) is 4.86. The number of amides is 2. The molecule has 0 bridgehead atoms. The van der Waals surface area contributed by atoms with E-state index in [9.17, 15) is 14.4 Å². The molecule has 4 rings (SSSR count). The summed E-state index contributed by atoms with van der Waals surface area (Å²) in [6.07, 6.45) is -0.295. The van der Waals surface area contributed by atoms with Gasteiger partial charge in [-0.2, -0.15) is 0 Å². The van der Waals surface area contributed by atoms with Crippen molar-refractivity contribution < 1.29 is 24.2 Å². The van der Waals surface area contributed by atoms with Gasteiger partial charge in [0.15, 0.2) is 0 Å². The second-order valence-corrected chi connectivity index (χ2v) is 9.98. The van der Waals surface area contributed by atoms with Crippen LogP contribution in [-0.4, -0.2) is 40.2 Å². The Balaban J connectivity index is 1.29. The molecule has 8 nitrogen and oxygen atoms in total. The van der Waals surface area contributed by atoms with Gasteiger partial charge < -0.3 is 20.5 Å². The van der Waals surface area contributed by atoms with Gasteiger partial charge >= 0.3 is 12.1 Å². The summed E-state index contributed by atoms with van der Waals surface area (Å²) in [7, 11) is 0. The lowest BCUT2D eigenvalue weighted by Crippen LogP contribution is -2.43. The molecule has 3 N–H and O–H groups in total. The molecule has 1 heterocycles. The number of carboxylic acid groups (broad SMARTS) is 1. The fraction of sp³-hybridized carbons (Fsp3) is 0.308. The molecule has 0 fully saturated rings. The van der Waals surface area contributed by atoms with E-state index in [0.717, 1.165) is 22.3 Å². The summed E-state index contributed by atoms with van der Waals surface area (Å²) < 4.78 is 5.53. The monoisotopic (exact) mass is 493 g/mol. The fourth-order valence-electron chi connectivity index (χ4n) is 4.15. The van der Waals surface area contributed by atoms with Gasteiger partial charge in [0.1, 0.15) is 17.3 Å². The number of hydrogen-bond donors (Lipinski definition) is 3. The van der Waals surface area contributed by atoms with Gasteiger partial charge in [-0.1, -0.05) is 48.5 Å². The topological polar surface area (TPSA) is 118 Å². The lowest BCUT2D eigenvalue weighted by atomic mass is 9.98. The molecule has 0 spiro atoms. The van der Waals surface area contributed by atoms with Crippen molar-refractivity contribution in [3.63, 3.8) is 0 Å². The average molecular weight is 494 g/mol. The summed E-state index contributed by atoms with van der Waals surface area (Å²) in [6, 6.07) is 16.3. The van der Waals surface area contributed by atoms with Gasteiger partial charge in [0.25, 0.3) is 5.91 Å². The van der Waals surface area contributed by atoms with Gasteiger partial charge in [-0.05, 0) is 42.5 Å². The molecule has 35 heavy (non-hydrogen) atoms. The first-order valence-corrected chi connectivity index (χ1v) is 12.2. The van der Waals surface area contributed by atoms with Gasteiger partial charge in [0.05, 0.1) is 6.54 Å². The lowest BCUT2D eigenvalue weighted by molar-refractivity contribution is -0.137. The second-order valence-electron chi connectivity index (χ2n) is 9.04. The molecular weight excluding hydrogens is 466 g/mol. The summed E-state index contributed by atoms with van der Waals surface area (Å²) in [4.78, 5) is 39.9. The van der Waals surface area contributed by atoms with Gasteiger partial charge in [0, 0.05) is 23.3 Å². The van der Waals surface area contributed by atoms with Crippen LogP contribution >= 0.6 is 11.3 Å². The molecular formula is C26H27N3O5S. The molecule has 2 aromatic carbocycles. The highest BCUT2D eigenvalue weighted by molar-refractivity contribution is 7.09. The Morgan fingerprint density at radius 1 is 1.06 bits per heavy atom. The van der Waals surface area contributed by atoms with E-state index in [-0.39, 0.29) is 37.1 Å². The first kappa shape index (κ1) is 24.4. The maximum atomic E-state index is 12.5. The number of nitrogens with zero attached hydrogens (tertiary/aromatic N) is 1. The normalized spacial score (nSPS) is 12.5. The van der Waals surface area contributed by atoms with E-state index in [1.807, 2.05) is 24.3 Å². The highest BCUT2D eigenvalue weighted by Crippen LogP contribution is 2.44. The van der Waals surface area contributed by atoms with Crippen LogP contribution in [0.4, 0.5) is 4.79 Å². The second kappa shape index (κ2) is 10.3. The molecule has 3 aromatic rings. The third kappa shape index (κ3) is 5.86. The number of ether oxygens (including phenoxy) is 1. The minimum absolute atomic E-state index is 0.0206. The number of hydrogen-bond acceptors (Lipinski definition) is 6. The molecule has 0 radical (unpaired) electrons. The van der Waals surface area contributed by atoms with Crippen molar-refractivity contribution in [2.24, 2.45) is 0 Å². The van der Waals surface area contributed by atoms with Crippen LogP contribution in [0, 0.1) is 0 Å². The van der Waals surface area contributed by atoms with Crippen molar-refractivity contribution in [3.8, 4) is 11.1 Å². The largest absolute Gasteiger partial charge is 0.481 e. The van der Waals surface area contributed by atoms with E-state index in [4.69, 9.17) is 9.84 Å². The number of benzene rings is 2. The molecule has 0 saturated carbocycles. The molecule has 9 heteroatoms. The smallest absolute Gasteiger partial charge is 0.407 e. The predicted octanol–water partition coefficient (Wildman–Crippen LogP) is 4.56. The van der Waals surface area contributed by atoms with Crippen molar-refractivity contribution in [3.05, 3.63) is 75.7 Å². The molecule has 0 aliphatic heterocycles. The van der Waals surface area contributed by atoms with Crippen LogP contribution in [0.1, 0.15) is 59.2 Å². The van der Waals surface area contributed by atoms with E-state index in [1.165, 1.54) is 11.3 Å². The van der Waals surface area contributed by atoms with E-state index in [0.29, 0.717) is 11.4 Å². The summed E-state index contributed by atoms with van der Waals surface area (Å²) in [5.41, 5.74) is 4.15. The minimum Gasteiger partial charge on any atom is -0.481 e. The Morgan fingerprint density at radius 3 is 2.31 bits per heavy atom. The van der Waals surface area contributed by atoms with Crippen molar-refractivity contribution in [2.75, 3.05) is 6.61 Å². The zero-order valence-electron chi connectivity index (χ0n) is 19.5. The van der Waals surface area contributed by atoms with E-state index >= 15 is 0 Å². The van der Waals surface area contributed by atoms with Crippen LogP contribution in [0.3, 0.4) is 0 Å². The van der Waals surface area contributed by atoms with E-state index < -0.39 is 17.6 Å². The highest BCUT2D eigenvalue weighted by atomic mass is 32.1. The average Bonchev–Trinajstić information content (AvgIpc) is 3.43. The highest BCUT2D eigenvalue weighted by Gasteiger charge is 2.29. The van der Waals surface area contributed by atoms with Gasteiger partial charge in [-0.15, -0.1) is 11.3 Å². The van der Waals surface area contributed by atoms with Crippen molar-refractivity contribution in [1.29, 1.82) is 0 Å². The molecule has 1 aliphatic carbocycles. The lowest BCUT2D eigenvalue weighted by Gasteiger charge is -2.25. The van der Waals surface area contributed by atoms with Crippen LogP contribution in [-0.2, 0) is 16.1 Å². The van der Waals surface area contributed by atoms with Gasteiger partial charge in [-0.3, -0.25) is 9.59 Å². The van der Waals surface area contributed by atoms with Crippen molar-refractivity contribution in [1.82, 2.24) is 15.6 Å². The summed E-state index contributed by atoms with van der Waals surface area (Å²) >= 11 is 1.25.